The Hall–Kier alpha value is -0.900. The topological polar surface area (TPSA) is 67.6 Å². The Morgan fingerprint density at radius 3 is 2.62 bits per heavy atom. The van der Waals surface area contributed by atoms with Crippen LogP contribution >= 0.6 is 24.0 Å². The molecule has 0 radical (unpaired) electrons. The van der Waals surface area contributed by atoms with Crippen LogP contribution in [0.3, 0.4) is 0 Å². The molecule has 1 aromatic heterocycles. The quantitative estimate of drug-likeness (QED) is 0.432. The van der Waals surface area contributed by atoms with Gasteiger partial charge in [-0.05, 0) is 38.0 Å². The third-order valence-corrected chi connectivity index (χ3v) is 5.26. The fourth-order valence-corrected chi connectivity index (χ4v) is 3.65. The van der Waals surface area contributed by atoms with Crippen molar-refractivity contribution < 1.29 is 4.74 Å². The molecule has 0 aliphatic carbocycles. The summed E-state index contributed by atoms with van der Waals surface area (Å²) in [6, 6.07) is 0. The van der Waals surface area contributed by atoms with Crippen molar-refractivity contribution in [3.05, 3.63) is 11.6 Å². The fourth-order valence-electron chi connectivity index (χ4n) is 3.65. The molecule has 1 atom stereocenters. The van der Waals surface area contributed by atoms with Gasteiger partial charge in [-0.3, -0.25) is 4.99 Å². The number of nitrogens with zero attached hydrogens (tertiary/aromatic N) is 5. The zero-order chi connectivity index (χ0) is 16.2. The van der Waals surface area contributed by atoms with Crippen LogP contribution in [-0.2, 0) is 18.3 Å². The molecule has 2 aliphatic heterocycles. The number of hydrogen-bond acceptors (Lipinski definition) is 4. The van der Waals surface area contributed by atoms with Crippen LogP contribution < -0.4 is 5.32 Å². The maximum atomic E-state index is 5.49. The molecule has 0 spiro atoms. The van der Waals surface area contributed by atoms with Crippen molar-refractivity contribution >= 4 is 29.9 Å². The van der Waals surface area contributed by atoms with Crippen molar-refractivity contribution in [3.8, 4) is 0 Å². The standard InChI is InChI=1S/C16H28N6O.HI/c1-12-19-20-15(21(12)3)10-18-16(17-2)22-7-4-14(11-22)13-5-8-23-9-6-13;/h13-14H,4-11H2,1-3H3,(H,17,18);1H. The Morgan fingerprint density at radius 1 is 1.25 bits per heavy atom. The number of aromatic nitrogens is 3. The van der Waals surface area contributed by atoms with Gasteiger partial charge in [-0.1, -0.05) is 0 Å². The molecule has 2 aliphatic rings. The molecule has 3 rings (SSSR count). The maximum absolute atomic E-state index is 5.49. The second-order valence-electron chi connectivity index (χ2n) is 6.57. The molecule has 0 amide bonds. The molecule has 1 unspecified atom stereocenters. The molecular formula is C16H29IN6O. The lowest BCUT2D eigenvalue weighted by molar-refractivity contribution is 0.0488. The van der Waals surface area contributed by atoms with Gasteiger partial charge in [-0.25, -0.2) is 0 Å². The summed E-state index contributed by atoms with van der Waals surface area (Å²) in [6.45, 7) is 6.66. The molecule has 7 nitrogen and oxygen atoms in total. The Bertz CT molecular complexity index is 555. The second-order valence-corrected chi connectivity index (χ2v) is 6.57. The summed E-state index contributed by atoms with van der Waals surface area (Å²) in [4.78, 5) is 6.83. The van der Waals surface area contributed by atoms with Gasteiger partial charge in [-0.2, -0.15) is 0 Å². The number of halogens is 1. The number of likely N-dealkylation sites (tertiary alicyclic amines) is 1. The zero-order valence-corrected chi connectivity index (χ0v) is 17.2. The molecule has 2 fully saturated rings. The van der Waals surface area contributed by atoms with Crippen LogP contribution in [0.25, 0.3) is 0 Å². The summed E-state index contributed by atoms with van der Waals surface area (Å²) < 4.78 is 7.50. The minimum absolute atomic E-state index is 0. The number of ether oxygens (including phenoxy) is 1. The maximum Gasteiger partial charge on any atom is 0.194 e. The number of rotatable bonds is 3. The summed E-state index contributed by atoms with van der Waals surface area (Å²) in [6.07, 6.45) is 3.68. The van der Waals surface area contributed by atoms with Crippen molar-refractivity contribution in [2.24, 2.45) is 23.9 Å². The van der Waals surface area contributed by atoms with Gasteiger partial charge in [0.25, 0.3) is 0 Å². The van der Waals surface area contributed by atoms with E-state index in [1.807, 2.05) is 25.6 Å². The first-order valence-electron chi connectivity index (χ1n) is 8.57. The van der Waals surface area contributed by atoms with Crippen molar-refractivity contribution in [2.75, 3.05) is 33.4 Å². The summed E-state index contributed by atoms with van der Waals surface area (Å²) in [7, 11) is 3.85. The lowest BCUT2D eigenvalue weighted by Gasteiger charge is -2.28. The molecule has 0 saturated carbocycles. The number of aryl methyl sites for hydroxylation is 1. The van der Waals surface area contributed by atoms with Crippen LogP contribution in [0.2, 0.25) is 0 Å². The van der Waals surface area contributed by atoms with E-state index in [0.717, 1.165) is 55.7 Å². The van der Waals surface area contributed by atoms with Gasteiger partial charge in [0.15, 0.2) is 11.8 Å². The molecule has 0 bridgehead atoms. The van der Waals surface area contributed by atoms with E-state index in [1.165, 1.54) is 19.3 Å². The Kier molecular flexibility index (Phi) is 7.27. The zero-order valence-electron chi connectivity index (χ0n) is 14.9. The van der Waals surface area contributed by atoms with E-state index in [4.69, 9.17) is 4.74 Å². The molecule has 0 aromatic carbocycles. The van der Waals surface area contributed by atoms with E-state index >= 15 is 0 Å². The average Bonchev–Trinajstić information content (AvgIpc) is 3.19. The molecule has 2 saturated heterocycles. The first-order valence-corrected chi connectivity index (χ1v) is 8.57. The number of aliphatic imine (C=N–C) groups is 1. The first kappa shape index (κ1) is 19.4. The lowest BCUT2D eigenvalue weighted by atomic mass is 9.85. The van der Waals surface area contributed by atoms with Gasteiger partial charge < -0.3 is 19.5 Å². The lowest BCUT2D eigenvalue weighted by Crippen LogP contribution is -2.40. The van der Waals surface area contributed by atoms with Gasteiger partial charge in [0.1, 0.15) is 5.82 Å². The van der Waals surface area contributed by atoms with Crippen molar-refractivity contribution in [3.63, 3.8) is 0 Å². The van der Waals surface area contributed by atoms with Crippen LogP contribution in [-0.4, -0.2) is 59.0 Å². The predicted molar refractivity (Wildman–Crippen MR) is 105 cm³/mol. The average molecular weight is 448 g/mol. The highest BCUT2D eigenvalue weighted by atomic mass is 127. The normalized spacial score (nSPS) is 22.5. The van der Waals surface area contributed by atoms with E-state index < -0.39 is 0 Å². The largest absolute Gasteiger partial charge is 0.381 e. The molecule has 8 heteroatoms. The molecular weight excluding hydrogens is 419 g/mol. The van der Waals surface area contributed by atoms with Crippen molar-refractivity contribution in [1.82, 2.24) is 25.0 Å². The van der Waals surface area contributed by atoms with Crippen LogP contribution in [0.1, 0.15) is 30.9 Å². The van der Waals surface area contributed by atoms with E-state index in [9.17, 15) is 0 Å². The third-order valence-electron chi connectivity index (χ3n) is 5.26. The smallest absolute Gasteiger partial charge is 0.194 e. The minimum Gasteiger partial charge on any atom is -0.381 e. The predicted octanol–water partition coefficient (Wildman–Crippen LogP) is 1.57. The fraction of sp³-hybridized carbons (Fsp3) is 0.812. The van der Waals surface area contributed by atoms with Gasteiger partial charge in [0.2, 0.25) is 0 Å². The SMILES string of the molecule is CN=C(NCc1nnc(C)n1C)N1CCC(C2CCOCC2)C1.I. The van der Waals surface area contributed by atoms with E-state index in [2.05, 4.69) is 25.4 Å². The molecule has 3 heterocycles. The van der Waals surface area contributed by atoms with Crippen LogP contribution in [0.4, 0.5) is 0 Å². The van der Waals surface area contributed by atoms with E-state index in [0.29, 0.717) is 6.54 Å². The van der Waals surface area contributed by atoms with Gasteiger partial charge in [0, 0.05) is 40.4 Å². The van der Waals surface area contributed by atoms with Crippen LogP contribution in [0.15, 0.2) is 4.99 Å². The molecule has 1 N–H and O–H groups in total. The second kappa shape index (κ2) is 8.98. The molecule has 136 valence electrons. The number of nitrogens with one attached hydrogen (secondary N) is 1. The first-order chi connectivity index (χ1) is 11.2. The molecule has 1 aromatic rings. The Morgan fingerprint density at radius 2 is 2.00 bits per heavy atom. The highest BCUT2D eigenvalue weighted by molar-refractivity contribution is 14.0. The molecule has 24 heavy (non-hydrogen) atoms. The number of hydrogen-bond donors (Lipinski definition) is 1. The van der Waals surface area contributed by atoms with Gasteiger partial charge in [0.05, 0.1) is 6.54 Å². The minimum atomic E-state index is 0. The summed E-state index contributed by atoms with van der Waals surface area (Å²) in [5.74, 6) is 4.42. The van der Waals surface area contributed by atoms with Crippen LogP contribution in [0.5, 0.6) is 0 Å². The van der Waals surface area contributed by atoms with Crippen molar-refractivity contribution in [1.29, 1.82) is 0 Å². The summed E-state index contributed by atoms with van der Waals surface area (Å²) in [5.41, 5.74) is 0. The van der Waals surface area contributed by atoms with Gasteiger partial charge in [-0.15, -0.1) is 34.2 Å². The van der Waals surface area contributed by atoms with Gasteiger partial charge >= 0.3 is 0 Å². The summed E-state index contributed by atoms with van der Waals surface area (Å²) >= 11 is 0. The highest BCUT2D eigenvalue weighted by Crippen LogP contribution is 2.31. The highest BCUT2D eigenvalue weighted by Gasteiger charge is 2.31. The van der Waals surface area contributed by atoms with E-state index in [1.54, 1.807) is 0 Å². The van der Waals surface area contributed by atoms with E-state index in [-0.39, 0.29) is 24.0 Å². The summed E-state index contributed by atoms with van der Waals surface area (Å²) in [5, 5.41) is 11.7. The number of guanidine groups is 1. The monoisotopic (exact) mass is 448 g/mol. The van der Waals surface area contributed by atoms with Crippen molar-refractivity contribution in [2.45, 2.75) is 32.7 Å². The Balaban J connectivity index is 0.00000208. The third kappa shape index (κ3) is 4.38. The Labute approximate surface area is 161 Å². The van der Waals surface area contributed by atoms with Crippen LogP contribution in [0, 0.1) is 18.8 Å².